The molecule has 2 aromatic heterocycles. The number of aliphatic hydroxyl groups is 1. The number of aliphatic imine (C=N–C) groups is 1. The van der Waals surface area contributed by atoms with Crippen molar-refractivity contribution in [1.82, 2.24) is 24.4 Å². The molecule has 0 radical (unpaired) electrons. The Morgan fingerprint density at radius 1 is 1.33 bits per heavy atom. The summed E-state index contributed by atoms with van der Waals surface area (Å²) in [5.41, 5.74) is -2.91. The van der Waals surface area contributed by atoms with E-state index in [0.717, 1.165) is 0 Å². The molecule has 0 saturated heterocycles. The van der Waals surface area contributed by atoms with Crippen molar-refractivity contribution in [2.45, 2.75) is 51.7 Å². The molecule has 0 unspecified atom stereocenters. The number of aromatic nitrogens is 4. The van der Waals surface area contributed by atoms with E-state index < -0.39 is 22.0 Å². The molecule has 1 aliphatic carbocycles. The van der Waals surface area contributed by atoms with Gasteiger partial charge in [-0.1, -0.05) is 27.7 Å². The Labute approximate surface area is 180 Å². The Bertz CT molecular complexity index is 947. The maximum absolute atomic E-state index is 16.7. The van der Waals surface area contributed by atoms with Crippen molar-refractivity contribution < 1.29 is 13.9 Å². The lowest BCUT2D eigenvalue weighted by molar-refractivity contribution is -0.120. The van der Waals surface area contributed by atoms with Gasteiger partial charge in [0.2, 0.25) is 0 Å². The fourth-order valence-corrected chi connectivity index (χ4v) is 5.54. The van der Waals surface area contributed by atoms with Gasteiger partial charge in [-0.25, -0.2) is 24.3 Å². The van der Waals surface area contributed by atoms with Crippen LogP contribution < -0.4 is 0 Å². The highest BCUT2D eigenvalue weighted by atomic mass is 28.2. The van der Waals surface area contributed by atoms with E-state index in [4.69, 9.17) is 4.43 Å². The van der Waals surface area contributed by atoms with Crippen molar-refractivity contribution in [3.05, 3.63) is 12.7 Å². The summed E-state index contributed by atoms with van der Waals surface area (Å²) >= 11 is 0. The first-order chi connectivity index (χ1) is 14.0. The summed E-state index contributed by atoms with van der Waals surface area (Å²) in [4.78, 5) is 19.5. The molecule has 0 amide bonds. The van der Waals surface area contributed by atoms with Crippen molar-refractivity contribution in [2.75, 3.05) is 27.3 Å². The van der Waals surface area contributed by atoms with Gasteiger partial charge in [0.15, 0.2) is 17.0 Å². The molecule has 10 heteroatoms. The number of halogens is 1. The van der Waals surface area contributed by atoms with Crippen LogP contribution in [-0.4, -0.2) is 79.3 Å². The average molecular weight is 437 g/mol. The summed E-state index contributed by atoms with van der Waals surface area (Å²) in [6.07, 6.45) is 5.68. The lowest BCUT2D eigenvalue weighted by Gasteiger charge is -2.52. The zero-order valence-corrected chi connectivity index (χ0v) is 21.0. The van der Waals surface area contributed by atoms with Gasteiger partial charge in [-0.3, -0.25) is 0 Å². The van der Waals surface area contributed by atoms with Crippen LogP contribution in [0, 0.1) is 10.8 Å². The number of hydrogen-bond donors (Lipinski definition) is 1. The topological polar surface area (TPSA) is 88.7 Å². The molecule has 0 aromatic carbocycles. The van der Waals surface area contributed by atoms with Crippen LogP contribution in [0.25, 0.3) is 11.2 Å². The van der Waals surface area contributed by atoms with E-state index in [1.165, 1.54) is 6.33 Å². The van der Waals surface area contributed by atoms with Gasteiger partial charge in [-0.15, -0.1) is 0 Å². The molecule has 1 saturated carbocycles. The van der Waals surface area contributed by atoms with Gasteiger partial charge in [-0.05, 0) is 12.8 Å². The zero-order chi connectivity index (χ0) is 22.4. The van der Waals surface area contributed by atoms with E-state index in [0.29, 0.717) is 46.9 Å². The van der Waals surface area contributed by atoms with Crippen LogP contribution in [0.3, 0.4) is 0 Å². The highest BCUT2D eigenvalue weighted by molar-refractivity contribution is 5.98. The van der Waals surface area contributed by atoms with Crippen LogP contribution in [-0.2, 0) is 9.96 Å². The molecule has 1 aliphatic rings. The maximum atomic E-state index is 16.7. The molecule has 166 valence electrons. The normalized spacial score (nSPS) is 26.8. The Kier molecular flexibility index (Phi) is 5.81. The maximum Gasteiger partial charge on any atom is 0.184 e. The number of hydrogen-bond acceptors (Lipinski definition) is 6. The molecule has 0 spiro atoms. The molecule has 3 rings (SSSR count). The van der Waals surface area contributed by atoms with Crippen LogP contribution in [0.15, 0.2) is 17.6 Å². The van der Waals surface area contributed by atoms with Gasteiger partial charge in [-0.2, -0.15) is 0 Å². The molecule has 0 aliphatic heterocycles. The van der Waals surface area contributed by atoms with E-state index in [1.54, 1.807) is 26.5 Å². The van der Waals surface area contributed by atoms with Gasteiger partial charge in [0.1, 0.15) is 22.5 Å². The Hall–Kier alpha value is -1.91. The molecule has 1 N–H and O–H groups in total. The number of imidazole rings is 1. The van der Waals surface area contributed by atoms with Crippen molar-refractivity contribution in [1.29, 1.82) is 0 Å². The van der Waals surface area contributed by atoms with Crippen LogP contribution in [0.2, 0.25) is 0 Å². The Morgan fingerprint density at radius 3 is 2.63 bits per heavy atom. The predicted molar refractivity (Wildman–Crippen MR) is 119 cm³/mol. The van der Waals surface area contributed by atoms with Gasteiger partial charge in [0.05, 0.1) is 31.4 Å². The zero-order valence-electron chi connectivity index (χ0n) is 19.0. The second-order valence-electron chi connectivity index (χ2n) is 9.63. The summed E-state index contributed by atoms with van der Waals surface area (Å²) < 4.78 is 24.4. The fraction of sp³-hybridized carbons (Fsp3) is 0.700. The minimum Gasteiger partial charge on any atom is -0.426 e. The summed E-state index contributed by atoms with van der Waals surface area (Å²) in [6, 6.07) is 0. The summed E-state index contributed by atoms with van der Waals surface area (Å²) in [5.74, 6) is 0.465. The quantitative estimate of drug-likeness (QED) is 0.403. The van der Waals surface area contributed by atoms with Crippen molar-refractivity contribution in [3.63, 3.8) is 0 Å². The number of nitrogens with zero attached hydrogens (tertiary/aromatic N) is 6. The van der Waals surface area contributed by atoms with Gasteiger partial charge >= 0.3 is 0 Å². The standard InChI is InChI=1S/C20H33FN6O2Si/c1-17(2,9-28)20(21)8-7-19(10-29-30,18(20,3)4)27-13-24-14-15(25-12-26(5)6)22-11-23-16(14)27/h11-13,28H,7-10H2,1-6,30H3/t19-,20+/m0/s1. The van der Waals surface area contributed by atoms with E-state index in [2.05, 4.69) is 19.9 Å². The number of rotatable bonds is 7. The summed E-state index contributed by atoms with van der Waals surface area (Å²) in [6.45, 7) is 7.54. The SMILES string of the molecule is CN(C)C=Nc1ncnc2c1ncn2[C@]1(CO[SiH3])CC[C@@](F)(C(C)(C)CO)C1(C)C. The first-order valence-electron chi connectivity index (χ1n) is 10.2. The minimum atomic E-state index is -1.61. The van der Waals surface area contributed by atoms with Crippen LogP contribution in [0.4, 0.5) is 10.2 Å². The van der Waals surface area contributed by atoms with Crippen LogP contribution in [0.1, 0.15) is 40.5 Å². The van der Waals surface area contributed by atoms with Crippen molar-refractivity contribution in [3.8, 4) is 0 Å². The molecule has 2 atom stereocenters. The van der Waals surface area contributed by atoms with E-state index in [-0.39, 0.29) is 6.61 Å². The summed E-state index contributed by atoms with van der Waals surface area (Å²) in [5, 5.41) is 9.97. The third-order valence-electron chi connectivity index (χ3n) is 7.07. The molecule has 2 aromatic rings. The number of alkyl halides is 1. The molecule has 1 fully saturated rings. The highest BCUT2D eigenvalue weighted by Gasteiger charge is 2.69. The average Bonchev–Trinajstić information content (AvgIpc) is 3.21. The molecule has 30 heavy (non-hydrogen) atoms. The number of aliphatic hydroxyl groups excluding tert-OH is 1. The molecule has 2 heterocycles. The van der Waals surface area contributed by atoms with Gasteiger partial charge in [0, 0.05) is 24.9 Å². The van der Waals surface area contributed by atoms with Gasteiger partial charge in [0.25, 0.3) is 0 Å². The lowest BCUT2D eigenvalue weighted by atomic mass is 9.60. The van der Waals surface area contributed by atoms with E-state index in [9.17, 15) is 5.11 Å². The van der Waals surface area contributed by atoms with Crippen LogP contribution in [0.5, 0.6) is 0 Å². The first kappa shape index (κ1) is 22.8. The smallest absolute Gasteiger partial charge is 0.184 e. The molecule has 0 bridgehead atoms. The number of fused-ring (bicyclic) bond motifs is 1. The second kappa shape index (κ2) is 7.65. The highest BCUT2D eigenvalue weighted by Crippen LogP contribution is 2.64. The monoisotopic (exact) mass is 436 g/mol. The van der Waals surface area contributed by atoms with Crippen molar-refractivity contribution >= 4 is 33.8 Å². The Balaban J connectivity index is 2.21. The van der Waals surface area contributed by atoms with E-state index in [1.807, 2.05) is 37.4 Å². The Morgan fingerprint density at radius 2 is 2.03 bits per heavy atom. The van der Waals surface area contributed by atoms with Gasteiger partial charge < -0.3 is 19.0 Å². The first-order valence-corrected chi connectivity index (χ1v) is 11.0. The molecular weight excluding hydrogens is 403 g/mol. The third kappa shape index (κ3) is 3.07. The fourth-order valence-electron chi connectivity index (χ4n) is 5.07. The van der Waals surface area contributed by atoms with Crippen molar-refractivity contribution in [2.24, 2.45) is 15.8 Å². The van der Waals surface area contributed by atoms with Crippen LogP contribution >= 0.6 is 0 Å². The molecular formula is C20H33FN6O2Si. The minimum absolute atomic E-state index is 0.235. The lowest BCUT2D eigenvalue weighted by Crippen LogP contribution is -2.59. The summed E-state index contributed by atoms with van der Waals surface area (Å²) in [7, 11) is 4.29. The second-order valence-corrected chi connectivity index (χ2v) is 10.2. The third-order valence-corrected chi connectivity index (χ3v) is 7.36. The predicted octanol–water partition coefficient (Wildman–Crippen LogP) is 1.59. The van der Waals surface area contributed by atoms with E-state index >= 15 is 4.39 Å². The largest absolute Gasteiger partial charge is 0.426 e. The molecule has 8 nitrogen and oxygen atoms in total.